The van der Waals surface area contributed by atoms with Crippen molar-refractivity contribution < 1.29 is 39.7 Å². The SMILES string of the molecule is O=C(O)c1c(OC2CN(C(=O)[C@H]3NCC[C@H]3O)C2)ccc(CCB(O)O)c1O. The molecule has 28 heavy (non-hydrogen) atoms. The van der Waals surface area contributed by atoms with Crippen LogP contribution in [0, 0.1) is 0 Å². The molecule has 2 heterocycles. The fourth-order valence-corrected chi connectivity index (χ4v) is 3.42. The third-order valence-electron chi connectivity index (χ3n) is 5.02. The molecule has 0 saturated carbocycles. The molecule has 10 nitrogen and oxygen atoms in total. The zero-order valence-corrected chi connectivity index (χ0v) is 15.1. The first kappa shape index (κ1) is 20.4. The van der Waals surface area contributed by atoms with Crippen LogP contribution in [0.2, 0.25) is 6.32 Å². The van der Waals surface area contributed by atoms with E-state index >= 15 is 0 Å². The highest BCUT2D eigenvalue weighted by Crippen LogP contribution is 2.34. The molecule has 0 aromatic heterocycles. The minimum absolute atomic E-state index is 0.0191. The van der Waals surface area contributed by atoms with Gasteiger partial charge in [0.1, 0.15) is 29.2 Å². The molecule has 11 heteroatoms. The van der Waals surface area contributed by atoms with Gasteiger partial charge in [0, 0.05) is 0 Å². The van der Waals surface area contributed by atoms with Crippen molar-refractivity contribution in [1.82, 2.24) is 10.2 Å². The van der Waals surface area contributed by atoms with Crippen LogP contribution in [0.3, 0.4) is 0 Å². The van der Waals surface area contributed by atoms with Crippen LogP contribution >= 0.6 is 0 Å². The topological polar surface area (TPSA) is 160 Å². The highest BCUT2D eigenvalue weighted by atomic mass is 16.5. The van der Waals surface area contributed by atoms with Gasteiger partial charge < -0.3 is 40.3 Å². The molecule has 2 aliphatic rings. The van der Waals surface area contributed by atoms with Crippen molar-refractivity contribution >= 4 is 19.0 Å². The smallest absolute Gasteiger partial charge is 0.451 e. The minimum Gasteiger partial charge on any atom is -0.507 e. The zero-order valence-electron chi connectivity index (χ0n) is 15.1. The van der Waals surface area contributed by atoms with Crippen LogP contribution in [-0.2, 0) is 11.2 Å². The number of aromatic carboxylic acids is 1. The van der Waals surface area contributed by atoms with E-state index in [9.17, 15) is 24.9 Å². The van der Waals surface area contributed by atoms with Gasteiger partial charge in [-0.15, -0.1) is 0 Å². The summed E-state index contributed by atoms with van der Waals surface area (Å²) in [5.74, 6) is -2.08. The molecule has 152 valence electrons. The number of aromatic hydroxyl groups is 1. The second-order valence-electron chi connectivity index (χ2n) is 7.04. The molecule has 2 atom stereocenters. The third-order valence-corrected chi connectivity index (χ3v) is 5.02. The first-order valence-corrected chi connectivity index (χ1v) is 9.09. The van der Waals surface area contributed by atoms with Gasteiger partial charge in [0.2, 0.25) is 5.91 Å². The molecular formula is C17H23BN2O8. The van der Waals surface area contributed by atoms with E-state index in [1.165, 1.54) is 17.0 Å². The van der Waals surface area contributed by atoms with Crippen molar-refractivity contribution in [2.75, 3.05) is 19.6 Å². The summed E-state index contributed by atoms with van der Waals surface area (Å²) < 4.78 is 5.66. The van der Waals surface area contributed by atoms with Crippen LogP contribution in [0.1, 0.15) is 22.3 Å². The van der Waals surface area contributed by atoms with Crippen molar-refractivity contribution in [1.29, 1.82) is 0 Å². The van der Waals surface area contributed by atoms with Gasteiger partial charge in [0.15, 0.2) is 0 Å². The number of ether oxygens (including phenoxy) is 1. The van der Waals surface area contributed by atoms with E-state index in [-0.39, 0.29) is 43.1 Å². The lowest BCUT2D eigenvalue weighted by atomic mass is 9.82. The lowest BCUT2D eigenvalue weighted by Crippen LogP contribution is -2.61. The predicted molar refractivity (Wildman–Crippen MR) is 97.2 cm³/mol. The molecule has 0 bridgehead atoms. The van der Waals surface area contributed by atoms with Crippen LogP contribution < -0.4 is 10.1 Å². The summed E-state index contributed by atoms with van der Waals surface area (Å²) in [6, 6.07) is 2.26. The van der Waals surface area contributed by atoms with Crippen molar-refractivity contribution in [2.24, 2.45) is 0 Å². The Labute approximate surface area is 161 Å². The van der Waals surface area contributed by atoms with E-state index in [1.54, 1.807) is 0 Å². The summed E-state index contributed by atoms with van der Waals surface area (Å²) in [5.41, 5.74) is -0.132. The number of aliphatic hydroxyl groups is 1. The first-order valence-electron chi connectivity index (χ1n) is 9.09. The summed E-state index contributed by atoms with van der Waals surface area (Å²) in [6.45, 7) is 1.08. The number of aliphatic hydroxyl groups excluding tert-OH is 1. The maximum absolute atomic E-state index is 12.3. The summed E-state index contributed by atoms with van der Waals surface area (Å²) in [4.78, 5) is 25.4. The number of benzene rings is 1. The molecule has 1 amide bonds. The van der Waals surface area contributed by atoms with Crippen molar-refractivity contribution in [2.45, 2.75) is 37.4 Å². The van der Waals surface area contributed by atoms with Gasteiger partial charge in [-0.05, 0) is 37.3 Å². The maximum Gasteiger partial charge on any atom is 0.451 e. The molecule has 1 aromatic carbocycles. The minimum atomic E-state index is -1.56. The quantitative estimate of drug-likeness (QED) is 0.300. The number of rotatable bonds is 7. The molecule has 2 saturated heterocycles. The fraction of sp³-hybridized carbons (Fsp3) is 0.529. The molecule has 2 fully saturated rings. The average molecular weight is 394 g/mol. The molecule has 0 aliphatic carbocycles. The Hall–Kier alpha value is -2.34. The Balaban J connectivity index is 1.64. The van der Waals surface area contributed by atoms with E-state index in [0.29, 0.717) is 13.0 Å². The van der Waals surface area contributed by atoms with Crippen LogP contribution in [0.15, 0.2) is 12.1 Å². The fourth-order valence-electron chi connectivity index (χ4n) is 3.42. The van der Waals surface area contributed by atoms with E-state index in [1.807, 2.05) is 0 Å². The highest BCUT2D eigenvalue weighted by Gasteiger charge is 2.40. The molecule has 2 aliphatic heterocycles. The third kappa shape index (κ3) is 4.22. The maximum atomic E-state index is 12.3. The Morgan fingerprint density at radius 2 is 2.00 bits per heavy atom. The number of likely N-dealkylation sites (tertiary alicyclic amines) is 1. The van der Waals surface area contributed by atoms with Gasteiger partial charge >= 0.3 is 13.1 Å². The van der Waals surface area contributed by atoms with Gasteiger partial charge in [-0.3, -0.25) is 4.79 Å². The lowest BCUT2D eigenvalue weighted by Gasteiger charge is -2.40. The van der Waals surface area contributed by atoms with E-state index in [0.717, 1.165) is 0 Å². The normalized spacial score (nSPS) is 22.0. The number of carbonyl (C=O) groups is 2. The second-order valence-corrected chi connectivity index (χ2v) is 7.04. The second kappa shape index (κ2) is 8.35. The zero-order chi connectivity index (χ0) is 20.4. The standard InChI is InChI=1S/C17H23BN2O8/c21-11-4-6-19-14(11)16(23)20-7-10(8-20)28-12-2-1-9(3-5-18(26)27)15(22)13(12)17(24)25/h1-2,10-11,14,19,21-22,26-27H,3-8H2,(H,24,25)/t11-,14+/m1/s1. The number of carbonyl (C=O) groups excluding carboxylic acids is 1. The molecule has 0 spiro atoms. The molecule has 0 unspecified atom stereocenters. The molecule has 0 radical (unpaired) electrons. The number of aryl methyl sites for hydroxylation is 1. The van der Waals surface area contributed by atoms with Gasteiger partial charge in [-0.1, -0.05) is 6.07 Å². The van der Waals surface area contributed by atoms with Crippen molar-refractivity contribution in [3.63, 3.8) is 0 Å². The Bertz CT molecular complexity index is 753. The summed E-state index contributed by atoms with van der Waals surface area (Å²) in [7, 11) is -1.56. The van der Waals surface area contributed by atoms with Gasteiger partial charge in [0.05, 0.1) is 19.2 Å². The number of amides is 1. The van der Waals surface area contributed by atoms with Crippen molar-refractivity contribution in [3.8, 4) is 11.5 Å². The van der Waals surface area contributed by atoms with Crippen molar-refractivity contribution in [3.05, 3.63) is 23.3 Å². The monoisotopic (exact) mass is 394 g/mol. The number of carboxylic acid groups (broad SMARTS) is 1. The summed E-state index contributed by atoms with van der Waals surface area (Å²) >= 11 is 0. The number of hydrogen-bond donors (Lipinski definition) is 6. The van der Waals surface area contributed by atoms with Crippen LogP contribution in [0.4, 0.5) is 0 Å². The van der Waals surface area contributed by atoms with E-state index < -0.39 is 42.7 Å². The highest BCUT2D eigenvalue weighted by molar-refractivity contribution is 6.41. The van der Waals surface area contributed by atoms with E-state index in [4.69, 9.17) is 14.8 Å². The Morgan fingerprint density at radius 3 is 2.57 bits per heavy atom. The number of nitrogens with zero attached hydrogens (tertiary/aromatic N) is 1. The van der Waals surface area contributed by atoms with Gasteiger partial charge in [-0.2, -0.15) is 0 Å². The number of hydrogen-bond acceptors (Lipinski definition) is 8. The molecule has 1 aromatic rings. The predicted octanol–water partition coefficient (Wildman–Crippen LogP) is -1.58. The van der Waals surface area contributed by atoms with E-state index in [2.05, 4.69) is 5.32 Å². The largest absolute Gasteiger partial charge is 0.507 e. The van der Waals surface area contributed by atoms with Crippen LogP contribution in [-0.4, -0.2) is 87.1 Å². The lowest BCUT2D eigenvalue weighted by molar-refractivity contribution is -0.144. The number of carboxylic acids is 1. The van der Waals surface area contributed by atoms with Gasteiger partial charge in [0.25, 0.3) is 0 Å². The number of nitrogens with one attached hydrogen (secondary N) is 1. The summed E-state index contributed by atoms with van der Waals surface area (Å²) in [6.07, 6.45) is -0.580. The van der Waals surface area contributed by atoms with Gasteiger partial charge in [-0.25, -0.2) is 4.79 Å². The first-order chi connectivity index (χ1) is 13.3. The van der Waals surface area contributed by atoms with Crippen LogP contribution in [0.5, 0.6) is 11.5 Å². The molecule has 6 N–H and O–H groups in total. The Kier molecular flexibility index (Phi) is 6.09. The molecular weight excluding hydrogens is 371 g/mol. The summed E-state index contributed by atoms with van der Waals surface area (Å²) in [5, 5.41) is 50.3. The Morgan fingerprint density at radius 1 is 1.29 bits per heavy atom. The average Bonchev–Trinajstić information content (AvgIpc) is 3.01. The molecule has 3 rings (SSSR count). The number of phenols is 1. The van der Waals surface area contributed by atoms with Crippen LogP contribution in [0.25, 0.3) is 0 Å².